The standard InChI is InChI=1S/C15H18ClNOS/c1-9(2)15(17)14-7-6-13(19-14)11-8-10(18-3)4-5-12(11)16/h4-9,15H,17H2,1-3H3. The van der Waals surface area contributed by atoms with Crippen molar-refractivity contribution in [2.24, 2.45) is 11.7 Å². The predicted molar refractivity (Wildman–Crippen MR) is 83.1 cm³/mol. The fourth-order valence-corrected chi connectivity index (χ4v) is 3.31. The molecule has 0 aliphatic heterocycles. The molecule has 1 heterocycles. The Hall–Kier alpha value is -1.03. The van der Waals surface area contributed by atoms with E-state index in [4.69, 9.17) is 22.1 Å². The van der Waals surface area contributed by atoms with Crippen molar-refractivity contribution < 1.29 is 4.74 Å². The molecular formula is C15H18ClNOS. The van der Waals surface area contributed by atoms with Crippen molar-refractivity contribution in [1.82, 2.24) is 0 Å². The highest BCUT2D eigenvalue weighted by Gasteiger charge is 2.15. The number of ether oxygens (including phenoxy) is 1. The molecule has 102 valence electrons. The van der Waals surface area contributed by atoms with Crippen LogP contribution in [0.4, 0.5) is 0 Å². The van der Waals surface area contributed by atoms with Crippen molar-refractivity contribution in [2.75, 3.05) is 7.11 Å². The molecule has 1 atom stereocenters. The van der Waals surface area contributed by atoms with Crippen LogP contribution in [0, 0.1) is 5.92 Å². The maximum atomic E-state index is 6.26. The molecule has 2 nitrogen and oxygen atoms in total. The number of thiophene rings is 1. The topological polar surface area (TPSA) is 35.2 Å². The normalized spacial score (nSPS) is 12.7. The molecule has 2 rings (SSSR count). The second-order valence-electron chi connectivity index (χ2n) is 4.82. The van der Waals surface area contributed by atoms with Gasteiger partial charge in [0.1, 0.15) is 5.75 Å². The van der Waals surface area contributed by atoms with Crippen molar-refractivity contribution >= 4 is 22.9 Å². The lowest BCUT2D eigenvalue weighted by atomic mass is 10.0. The quantitative estimate of drug-likeness (QED) is 0.885. The minimum atomic E-state index is 0.0723. The number of methoxy groups -OCH3 is 1. The van der Waals surface area contributed by atoms with Crippen molar-refractivity contribution in [3.8, 4) is 16.2 Å². The molecule has 2 N–H and O–H groups in total. The van der Waals surface area contributed by atoms with E-state index in [1.54, 1.807) is 18.4 Å². The highest BCUT2D eigenvalue weighted by molar-refractivity contribution is 7.15. The zero-order valence-electron chi connectivity index (χ0n) is 11.3. The molecule has 2 aromatic rings. The molecule has 19 heavy (non-hydrogen) atoms. The Morgan fingerprint density at radius 3 is 2.58 bits per heavy atom. The Balaban J connectivity index is 2.37. The largest absolute Gasteiger partial charge is 0.497 e. The molecule has 0 saturated carbocycles. The third kappa shape index (κ3) is 3.11. The summed E-state index contributed by atoms with van der Waals surface area (Å²) in [7, 11) is 1.65. The lowest BCUT2D eigenvalue weighted by Crippen LogP contribution is -2.14. The summed E-state index contributed by atoms with van der Waals surface area (Å²) in [6.07, 6.45) is 0. The van der Waals surface area contributed by atoms with Gasteiger partial charge in [0.15, 0.2) is 0 Å². The van der Waals surface area contributed by atoms with Gasteiger partial charge in [-0.3, -0.25) is 0 Å². The van der Waals surface area contributed by atoms with E-state index in [2.05, 4.69) is 26.0 Å². The van der Waals surface area contributed by atoms with Crippen LogP contribution in [0.15, 0.2) is 30.3 Å². The zero-order valence-corrected chi connectivity index (χ0v) is 12.9. The zero-order chi connectivity index (χ0) is 14.0. The average Bonchev–Trinajstić information content (AvgIpc) is 2.87. The summed E-state index contributed by atoms with van der Waals surface area (Å²) in [6, 6.07) is 9.91. The molecule has 0 radical (unpaired) electrons. The number of hydrogen-bond donors (Lipinski definition) is 1. The van der Waals surface area contributed by atoms with Crippen LogP contribution in [0.5, 0.6) is 5.75 Å². The molecule has 1 unspecified atom stereocenters. The number of benzene rings is 1. The minimum absolute atomic E-state index is 0.0723. The summed E-state index contributed by atoms with van der Waals surface area (Å²) < 4.78 is 5.25. The number of rotatable bonds is 4. The van der Waals surface area contributed by atoms with Crippen LogP contribution < -0.4 is 10.5 Å². The van der Waals surface area contributed by atoms with Crippen molar-refractivity contribution in [3.05, 3.63) is 40.2 Å². The smallest absolute Gasteiger partial charge is 0.119 e. The molecule has 4 heteroatoms. The second kappa shape index (κ2) is 5.95. The molecule has 0 aliphatic carbocycles. The Morgan fingerprint density at radius 2 is 1.95 bits per heavy atom. The average molecular weight is 296 g/mol. The Morgan fingerprint density at radius 1 is 1.21 bits per heavy atom. The van der Waals surface area contributed by atoms with Gasteiger partial charge < -0.3 is 10.5 Å². The summed E-state index contributed by atoms with van der Waals surface area (Å²) in [5, 5.41) is 0.729. The second-order valence-corrected chi connectivity index (χ2v) is 6.34. The van der Waals surface area contributed by atoms with Gasteiger partial charge in [-0.15, -0.1) is 11.3 Å². The maximum Gasteiger partial charge on any atom is 0.119 e. The van der Waals surface area contributed by atoms with Crippen LogP contribution in [0.1, 0.15) is 24.8 Å². The first kappa shape index (κ1) is 14.4. The van der Waals surface area contributed by atoms with Gasteiger partial charge in [0.05, 0.1) is 7.11 Å². The van der Waals surface area contributed by atoms with Gasteiger partial charge in [-0.2, -0.15) is 0 Å². The minimum Gasteiger partial charge on any atom is -0.497 e. The Kier molecular flexibility index (Phi) is 4.50. The molecule has 0 aliphatic rings. The van der Waals surface area contributed by atoms with Gasteiger partial charge in [0.2, 0.25) is 0 Å². The fraction of sp³-hybridized carbons (Fsp3) is 0.333. The highest BCUT2D eigenvalue weighted by atomic mass is 35.5. The number of halogens is 1. The van der Waals surface area contributed by atoms with Crippen LogP contribution in [-0.4, -0.2) is 7.11 Å². The summed E-state index contributed by atoms with van der Waals surface area (Å²) in [5.41, 5.74) is 7.17. The van der Waals surface area contributed by atoms with E-state index in [9.17, 15) is 0 Å². The van der Waals surface area contributed by atoms with Crippen LogP contribution >= 0.6 is 22.9 Å². The summed E-state index contributed by atoms with van der Waals surface area (Å²) in [4.78, 5) is 2.30. The van der Waals surface area contributed by atoms with E-state index in [-0.39, 0.29) is 6.04 Å². The van der Waals surface area contributed by atoms with Crippen molar-refractivity contribution in [2.45, 2.75) is 19.9 Å². The van der Waals surface area contributed by atoms with Gasteiger partial charge in [0.25, 0.3) is 0 Å². The predicted octanol–water partition coefficient (Wildman–Crippen LogP) is 4.73. The third-order valence-electron chi connectivity index (χ3n) is 3.11. The van der Waals surface area contributed by atoms with E-state index >= 15 is 0 Å². The van der Waals surface area contributed by atoms with Crippen LogP contribution in [-0.2, 0) is 0 Å². The van der Waals surface area contributed by atoms with E-state index < -0.39 is 0 Å². The van der Waals surface area contributed by atoms with Gasteiger partial charge in [-0.25, -0.2) is 0 Å². The van der Waals surface area contributed by atoms with Crippen LogP contribution in [0.25, 0.3) is 10.4 Å². The van der Waals surface area contributed by atoms with E-state index in [1.807, 2.05) is 18.2 Å². The lowest BCUT2D eigenvalue weighted by Gasteiger charge is -2.13. The highest BCUT2D eigenvalue weighted by Crippen LogP contribution is 2.38. The maximum absolute atomic E-state index is 6.26. The molecule has 1 aromatic carbocycles. The van der Waals surface area contributed by atoms with Crippen molar-refractivity contribution in [3.63, 3.8) is 0 Å². The van der Waals surface area contributed by atoms with Gasteiger partial charge >= 0.3 is 0 Å². The Bertz CT molecular complexity index is 565. The summed E-state index contributed by atoms with van der Waals surface area (Å²) in [6.45, 7) is 4.26. The summed E-state index contributed by atoms with van der Waals surface area (Å²) >= 11 is 7.95. The molecule has 0 saturated heterocycles. The first-order valence-corrected chi connectivity index (χ1v) is 7.41. The third-order valence-corrected chi connectivity index (χ3v) is 4.66. The van der Waals surface area contributed by atoms with Gasteiger partial charge in [0, 0.05) is 26.4 Å². The number of nitrogens with two attached hydrogens (primary N) is 1. The monoisotopic (exact) mass is 295 g/mol. The van der Waals surface area contributed by atoms with E-state index in [1.165, 1.54) is 4.88 Å². The SMILES string of the molecule is COc1ccc(Cl)c(-c2ccc(C(N)C(C)C)s2)c1. The molecular weight excluding hydrogens is 278 g/mol. The molecule has 0 spiro atoms. The molecule has 0 fully saturated rings. The fourth-order valence-electron chi connectivity index (χ4n) is 1.83. The molecule has 1 aromatic heterocycles. The molecule has 0 amide bonds. The first-order chi connectivity index (χ1) is 9.02. The Labute approximate surface area is 123 Å². The van der Waals surface area contributed by atoms with E-state index in [0.29, 0.717) is 5.92 Å². The van der Waals surface area contributed by atoms with Crippen molar-refractivity contribution in [1.29, 1.82) is 0 Å². The van der Waals surface area contributed by atoms with E-state index in [0.717, 1.165) is 21.2 Å². The van der Waals surface area contributed by atoms with Crippen LogP contribution in [0.3, 0.4) is 0 Å². The first-order valence-electron chi connectivity index (χ1n) is 6.22. The van der Waals surface area contributed by atoms with Gasteiger partial charge in [-0.05, 0) is 36.2 Å². The molecule has 0 bridgehead atoms. The van der Waals surface area contributed by atoms with Gasteiger partial charge in [-0.1, -0.05) is 25.4 Å². The number of hydrogen-bond acceptors (Lipinski definition) is 3. The lowest BCUT2D eigenvalue weighted by molar-refractivity contribution is 0.415. The summed E-state index contributed by atoms with van der Waals surface area (Å²) in [5.74, 6) is 1.23. The van der Waals surface area contributed by atoms with Crippen LogP contribution in [0.2, 0.25) is 5.02 Å².